The number of hydrogen-bond donors (Lipinski definition) is 1. The molecule has 84 valence electrons. The molecule has 15 heavy (non-hydrogen) atoms. The molecule has 1 nitrogen and oxygen atoms in total. The third-order valence-electron chi connectivity index (χ3n) is 2.67. The Morgan fingerprint density at radius 1 is 1.20 bits per heavy atom. The van der Waals surface area contributed by atoms with E-state index in [0.717, 1.165) is 11.1 Å². The second-order valence-corrected chi connectivity index (χ2v) is 6.25. The SMILES string of the molecule is CCCC[S+](C)c1cc(C)c(O)c(C)c1. The van der Waals surface area contributed by atoms with Crippen LogP contribution in [0.3, 0.4) is 0 Å². The summed E-state index contributed by atoms with van der Waals surface area (Å²) in [5, 5.41) is 9.69. The number of aromatic hydroxyl groups is 1. The fraction of sp³-hybridized carbons (Fsp3) is 0.538. The molecule has 0 aliphatic carbocycles. The van der Waals surface area contributed by atoms with E-state index in [9.17, 15) is 5.11 Å². The lowest BCUT2D eigenvalue weighted by Crippen LogP contribution is -2.06. The fourth-order valence-electron chi connectivity index (χ4n) is 1.60. The minimum Gasteiger partial charge on any atom is -0.507 e. The number of unbranched alkanes of at least 4 members (excludes halogenated alkanes) is 1. The predicted octanol–water partition coefficient (Wildman–Crippen LogP) is 3.42. The molecule has 0 radical (unpaired) electrons. The van der Waals surface area contributed by atoms with Gasteiger partial charge in [-0.1, -0.05) is 13.3 Å². The number of aryl methyl sites for hydroxylation is 2. The van der Waals surface area contributed by atoms with Crippen LogP contribution in [0.1, 0.15) is 30.9 Å². The van der Waals surface area contributed by atoms with Gasteiger partial charge in [-0.2, -0.15) is 0 Å². The second kappa shape index (κ2) is 5.45. The molecule has 0 aliphatic heterocycles. The molecule has 0 spiro atoms. The summed E-state index contributed by atoms with van der Waals surface area (Å²) in [6, 6.07) is 4.25. The van der Waals surface area contributed by atoms with Gasteiger partial charge in [0.2, 0.25) is 0 Å². The highest BCUT2D eigenvalue weighted by Gasteiger charge is 2.17. The van der Waals surface area contributed by atoms with E-state index in [4.69, 9.17) is 0 Å². The van der Waals surface area contributed by atoms with Crippen LogP contribution in [0.2, 0.25) is 0 Å². The Balaban J connectivity index is 2.86. The van der Waals surface area contributed by atoms with Gasteiger partial charge in [-0.25, -0.2) is 0 Å². The Morgan fingerprint density at radius 3 is 2.20 bits per heavy atom. The van der Waals surface area contributed by atoms with Crippen molar-refractivity contribution in [2.24, 2.45) is 0 Å². The van der Waals surface area contributed by atoms with Gasteiger partial charge in [-0.05, 0) is 43.5 Å². The molecular formula is C13H21OS+. The zero-order valence-corrected chi connectivity index (χ0v) is 10.9. The second-order valence-electron chi connectivity index (χ2n) is 4.10. The highest BCUT2D eigenvalue weighted by Crippen LogP contribution is 2.26. The summed E-state index contributed by atoms with van der Waals surface area (Å²) in [5.41, 5.74) is 2.00. The molecule has 1 N–H and O–H groups in total. The molecule has 0 aliphatic rings. The molecule has 1 atom stereocenters. The van der Waals surface area contributed by atoms with Crippen molar-refractivity contribution < 1.29 is 5.11 Å². The van der Waals surface area contributed by atoms with Crippen LogP contribution in [0.15, 0.2) is 17.0 Å². The molecule has 0 saturated heterocycles. The standard InChI is InChI=1S/C13H20OS/c1-5-6-7-15(4)12-8-10(2)13(14)11(3)9-12/h8-9H,5-7H2,1-4H3/p+1. The maximum atomic E-state index is 9.69. The molecule has 1 rings (SSSR count). The maximum absolute atomic E-state index is 9.69. The van der Waals surface area contributed by atoms with Crippen LogP contribution in [-0.2, 0) is 10.9 Å². The molecule has 1 aromatic carbocycles. The first-order chi connectivity index (χ1) is 7.06. The van der Waals surface area contributed by atoms with E-state index in [-0.39, 0.29) is 0 Å². The molecule has 0 heterocycles. The van der Waals surface area contributed by atoms with Gasteiger partial charge < -0.3 is 5.11 Å². The summed E-state index contributed by atoms with van der Waals surface area (Å²) < 4.78 is 0. The molecule has 1 unspecified atom stereocenters. The van der Waals surface area contributed by atoms with Gasteiger partial charge in [0.1, 0.15) is 17.8 Å². The first-order valence-electron chi connectivity index (χ1n) is 5.49. The van der Waals surface area contributed by atoms with Crippen molar-refractivity contribution in [2.45, 2.75) is 38.5 Å². The van der Waals surface area contributed by atoms with Gasteiger partial charge >= 0.3 is 0 Å². The summed E-state index contributed by atoms with van der Waals surface area (Å²) in [7, 11) is 0.327. The first kappa shape index (κ1) is 12.4. The minimum absolute atomic E-state index is 0.327. The average molecular weight is 225 g/mol. The van der Waals surface area contributed by atoms with Gasteiger partial charge in [0.05, 0.1) is 0 Å². The molecule has 0 bridgehead atoms. The highest BCUT2D eigenvalue weighted by molar-refractivity contribution is 7.96. The van der Waals surface area contributed by atoms with Gasteiger partial charge in [-0.3, -0.25) is 0 Å². The van der Waals surface area contributed by atoms with Gasteiger partial charge in [0, 0.05) is 10.9 Å². The number of phenols is 1. The van der Waals surface area contributed by atoms with E-state index in [0.29, 0.717) is 16.6 Å². The lowest BCUT2D eigenvalue weighted by Gasteiger charge is -2.07. The Bertz CT molecular complexity index is 310. The molecular weight excluding hydrogens is 204 g/mol. The summed E-state index contributed by atoms with van der Waals surface area (Å²) in [6.45, 7) is 6.18. The largest absolute Gasteiger partial charge is 0.507 e. The van der Waals surface area contributed by atoms with Crippen LogP contribution in [0.25, 0.3) is 0 Å². The third kappa shape index (κ3) is 3.16. The summed E-state index contributed by atoms with van der Waals surface area (Å²) in [5.74, 6) is 1.71. The van der Waals surface area contributed by atoms with Crippen molar-refractivity contribution in [1.29, 1.82) is 0 Å². The Hall–Kier alpha value is -0.630. The Kier molecular flexibility index (Phi) is 4.52. The molecule has 2 heteroatoms. The van der Waals surface area contributed by atoms with Crippen LogP contribution >= 0.6 is 0 Å². The molecule has 0 saturated carbocycles. The maximum Gasteiger partial charge on any atom is 0.155 e. The van der Waals surface area contributed by atoms with E-state index in [1.165, 1.54) is 23.5 Å². The average Bonchev–Trinajstić information content (AvgIpc) is 2.21. The fourth-order valence-corrected chi connectivity index (χ4v) is 3.31. The van der Waals surface area contributed by atoms with Crippen LogP contribution < -0.4 is 0 Å². The normalized spacial score (nSPS) is 12.8. The van der Waals surface area contributed by atoms with E-state index in [1.54, 1.807) is 0 Å². The lowest BCUT2D eigenvalue weighted by molar-refractivity contribution is 0.466. The monoisotopic (exact) mass is 225 g/mol. The van der Waals surface area contributed by atoms with Crippen molar-refractivity contribution in [3.8, 4) is 5.75 Å². The number of hydrogen-bond acceptors (Lipinski definition) is 1. The van der Waals surface area contributed by atoms with Crippen molar-refractivity contribution >= 4 is 10.9 Å². The van der Waals surface area contributed by atoms with Gasteiger partial charge in [0.15, 0.2) is 4.90 Å². The zero-order chi connectivity index (χ0) is 11.4. The highest BCUT2D eigenvalue weighted by atomic mass is 32.2. The zero-order valence-electron chi connectivity index (χ0n) is 10.1. The van der Waals surface area contributed by atoms with Crippen molar-refractivity contribution in [2.75, 3.05) is 12.0 Å². The van der Waals surface area contributed by atoms with Crippen molar-refractivity contribution in [3.05, 3.63) is 23.3 Å². The Morgan fingerprint density at radius 2 is 1.73 bits per heavy atom. The number of benzene rings is 1. The van der Waals surface area contributed by atoms with Gasteiger partial charge in [-0.15, -0.1) is 0 Å². The van der Waals surface area contributed by atoms with E-state index in [1.807, 2.05) is 13.8 Å². The molecule has 0 fully saturated rings. The molecule has 0 amide bonds. The first-order valence-corrected chi connectivity index (χ1v) is 7.29. The van der Waals surface area contributed by atoms with E-state index in [2.05, 4.69) is 25.3 Å². The third-order valence-corrected chi connectivity index (χ3v) is 4.61. The quantitative estimate of drug-likeness (QED) is 0.779. The Labute approximate surface area is 95.9 Å². The van der Waals surface area contributed by atoms with Crippen LogP contribution in [0, 0.1) is 13.8 Å². The van der Waals surface area contributed by atoms with Crippen LogP contribution in [0.4, 0.5) is 0 Å². The summed E-state index contributed by atoms with van der Waals surface area (Å²) >= 11 is 0. The summed E-state index contributed by atoms with van der Waals surface area (Å²) in [6.07, 6.45) is 4.84. The molecule has 0 aromatic heterocycles. The van der Waals surface area contributed by atoms with E-state index < -0.39 is 0 Å². The van der Waals surface area contributed by atoms with Crippen LogP contribution in [-0.4, -0.2) is 17.1 Å². The number of phenolic OH excluding ortho intramolecular Hbond substituents is 1. The van der Waals surface area contributed by atoms with Gasteiger partial charge in [0.25, 0.3) is 0 Å². The van der Waals surface area contributed by atoms with Crippen molar-refractivity contribution in [1.82, 2.24) is 0 Å². The minimum atomic E-state index is 0.327. The lowest BCUT2D eigenvalue weighted by atomic mass is 10.1. The molecule has 1 aromatic rings. The topological polar surface area (TPSA) is 20.2 Å². The van der Waals surface area contributed by atoms with Crippen molar-refractivity contribution in [3.63, 3.8) is 0 Å². The van der Waals surface area contributed by atoms with E-state index >= 15 is 0 Å². The predicted molar refractivity (Wildman–Crippen MR) is 68.9 cm³/mol. The van der Waals surface area contributed by atoms with Crippen LogP contribution in [0.5, 0.6) is 5.75 Å². The number of rotatable bonds is 4. The smallest absolute Gasteiger partial charge is 0.155 e. The summed E-state index contributed by atoms with van der Waals surface area (Å²) in [4.78, 5) is 1.39.